The molecule has 1 saturated heterocycles. The number of aryl methyl sites for hydroxylation is 2. The summed E-state index contributed by atoms with van der Waals surface area (Å²) in [6, 6.07) is 3.81. The molecular formula is C15H18N4O2S. The van der Waals surface area contributed by atoms with Crippen molar-refractivity contribution in [3.05, 3.63) is 41.0 Å². The lowest BCUT2D eigenvalue weighted by Crippen LogP contribution is -2.45. The molecule has 0 spiro atoms. The molecule has 2 aromatic heterocycles. The number of hydrogen-bond donors (Lipinski definition) is 1. The van der Waals surface area contributed by atoms with Gasteiger partial charge in [-0.25, -0.2) is 0 Å². The van der Waals surface area contributed by atoms with Crippen molar-refractivity contribution in [2.75, 3.05) is 13.1 Å². The number of pyridine rings is 1. The number of carbonyl (C=O) groups excluding carboxylic acids is 1. The Morgan fingerprint density at radius 2 is 2.00 bits per heavy atom. The Hall–Kier alpha value is -1.86. The largest absolute Gasteiger partial charge is 0.383 e. The molecule has 6 nitrogen and oxygen atoms in total. The SMILES string of the molecule is Cc1ccc(C2(O)CCN(C(=O)c3nsnc3C)CC2)nc1. The van der Waals surface area contributed by atoms with Crippen molar-refractivity contribution in [3.8, 4) is 0 Å². The number of nitrogens with zero attached hydrogens (tertiary/aromatic N) is 4. The van der Waals surface area contributed by atoms with Crippen LogP contribution >= 0.6 is 11.7 Å². The van der Waals surface area contributed by atoms with Gasteiger partial charge in [0.15, 0.2) is 5.69 Å². The zero-order valence-corrected chi connectivity index (χ0v) is 13.4. The summed E-state index contributed by atoms with van der Waals surface area (Å²) in [5, 5.41) is 10.8. The van der Waals surface area contributed by atoms with Gasteiger partial charge in [-0.15, -0.1) is 0 Å². The molecule has 0 bridgehead atoms. The molecule has 0 atom stereocenters. The molecule has 0 aromatic carbocycles. The normalized spacial score (nSPS) is 17.5. The summed E-state index contributed by atoms with van der Waals surface area (Å²) in [5.41, 5.74) is 1.86. The first-order valence-electron chi connectivity index (χ1n) is 7.23. The fourth-order valence-corrected chi connectivity index (χ4v) is 3.20. The van der Waals surface area contributed by atoms with E-state index in [1.54, 1.807) is 18.0 Å². The van der Waals surface area contributed by atoms with Gasteiger partial charge in [-0.1, -0.05) is 6.07 Å². The molecule has 2 aromatic rings. The lowest BCUT2D eigenvalue weighted by atomic mass is 9.87. The predicted octanol–water partition coefficient (Wildman–Crippen LogP) is 1.67. The summed E-state index contributed by atoms with van der Waals surface area (Å²) in [6.07, 6.45) is 2.71. The van der Waals surface area contributed by atoms with E-state index in [9.17, 15) is 9.90 Å². The first kappa shape index (κ1) is 15.1. The van der Waals surface area contributed by atoms with Gasteiger partial charge in [-0.05, 0) is 38.3 Å². The molecule has 7 heteroatoms. The second kappa shape index (κ2) is 5.73. The van der Waals surface area contributed by atoms with Crippen LogP contribution in [-0.4, -0.2) is 42.7 Å². The number of piperidine rings is 1. The first-order chi connectivity index (χ1) is 10.5. The number of carbonyl (C=O) groups is 1. The van der Waals surface area contributed by atoms with Gasteiger partial charge in [0.05, 0.1) is 23.1 Å². The number of likely N-dealkylation sites (tertiary alicyclic amines) is 1. The van der Waals surface area contributed by atoms with Gasteiger partial charge >= 0.3 is 0 Å². The first-order valence-corrected chi connectivity index (χ1v) is 7.96. The van der Waals surface area contributed by atoms with Gasteiger partial charge in [0.1, 0.15) is 5.60 Å². The number of aromatic nitrogens is 3. The third-order valence-electron chi connectivity index (χ3n) is 4.12. The van der Waals surface area contributed by atoms with Gasteiger partial charge in [0.25, 0.3) is 5.91 Å². The molecule has 3 rings (SSSR count). The summed E-state index contributed by atoms with van der Waals surface area (Å²) in [4.78, 5) is 18.5. The maximum atomic E-state index is 12.4. The smallest absolute Gasteiger partial charge is 0.275 e. The van der Waals surface area contributed by atoms with E-state index in [1.165, 1.54) is 0 Å². The number of rotatable bonds is 2. The molecule has 3 heterocycles. The maximum Gasteiger partial charge on any atom is 0.275 e. The van der Waals surface area contributed by atoms with Crippen molar-refractivity contribution >= 4 is 17.6 Å². The van der Waals surface area contributed by atoms with E-state index in [0.717, 1.165) is 17.3 Å². The maximum absolute atomic E-state index is 12.4. The predicted molar refractivity (Wildman–Crippen MR) is 82.7 cm³/mol. The van der Waals surface area contributed by atoms with Gasteiger partial charge in [-0.2, -0.15) is 8.75 Å². The Morgan fingerprint density at radius 3 is 2.55 bits per heavy atom. The Labute approximate surface area is 133 Å². The van der Waals surface area contributed by atoms with Crippen molar-refractivity contribution < 1.29 is 9.90 Å². The summed E-state index contributed by atoms with van der Waals surface area (Å²) in [5.74, 6) is -0.106. The van der Waals surface area contributed by atoms with E-state index < -0.39 is 5.60 Å². The molecule has 1 fully saturated rings. The van der Waals surface area contributed by atoms with Crippen LogP contribution in [-0.2, 0) is 5.60 Å². The van der Waals surface area contributed by atoms with Crippen LogP contribution in [0.15, 0.2) is 18.3 Å². The number of amides is 1. The monoisotopic (exact) mass is 318 g/mol. The second-order valence-electron chi connectivity index (χ2n) is 5.74. The van der Waals surface area contributed by atoms with E-state index in [1.807, 2.05) is 19.1 Å². The number of hydrogen-bond acceptors (Lipinski definition) is 6. The summed E-state index contributed by atoms with van der Waals surface area (Å²) in [6.45, 7) is 4.73. The lowest BCUT2D eigenvalue weighted by molar-refractivity contribution is -0.0245. The van der Waals surface area contributed by atoms with Crippen LogP contribution in [0.2, 0.25) is 0 Å². The zero-order chi connectivity index (χ0) is 15.7. The van der Waals surface area contributed by atoms with Gasteiger partial charge in [0.2, 0.25) is 0 Å². The highest BCUT2D eigenvalue weighted by Gasteiger charge is 2.37. The van der Waals surface area contributed by atoms with Crippen molar-refractivity contribution in [3.63, 3.8) is 0 Å². The fourth-order valence-electron chi connectivity index (χ4n) is 2.65. The van der Waals surface area contributed by atoms with Crippen molar-refractivity contribution in [1.29, 1.82) is 0 Å². The standard InChI is InChI=1S/C15H18N4O2S/c1-10-3-4-12(16-9-10)15(21)5-7-19(8-6-15)14(20)13-11(2)17-22-18-13/h3-4,9,21H,5-8H2,1-2H3. The molecule has 22 heavy (non-hydrogen) atoms. The highest BCUT2D eigenvalue weighted by Crippen LogP contribution is 2.32. The summed E-state index contributed by atoms with van der Waals surface area (Å²) in [7, 11) is 0. The van der Waals surface area contributed by atoms with Crippen LogP contribution in [0.25, 0.3) is 0 Å². The third-order valence-corrected chi connectivity index (χ3v) is 4.74. The van der Waals surface area contributed by atoms with Crippen molar-refractivity contribution in [1.82, 2.24) is 18.6 Å². The topological polar surface area (TPSA) is 79.2 Å². The Balaban J connectivity index is 1.71. The molecule has 1 N–H and O–H groups in total. The molecule has 116 valence electrons. The molecule has 0 saturated carbocycles. The van der Waals surface area contributed by atoms with Crippen LogP contribution in [0.4, 0.5) is 0 Å². The Bertz CT molecular complexity index is 675. The average molecular weight is 318 g/mol. The minimum Gasteiger partial charge on any atom is -0.383 e. The average Bonchev–Trinajstić information content (AvgIpc) is 2.94. The van der Waals surface area contributed by atoms with Crippen LogP contribution < -0.4 is 0 Å². The molecule has 1 aliphatic heterocycles. The highest BCUT2D eigenvalue weighted by molar-refractivity contribution is 6.99. The third kappa shape index (κ3) is 2.74. The molecule has 0 unspecified atom stereocenters. The molecule has 0 aliphatic carbocycles. The van der Waals surface area contributed by atoms with Crippen LogP contribution in [0.3, 0.4) is 0 Å². The van der Waals surface area contributed by atoms with E-state index in [0.29, 0.717) is 43.0 Å². The lowest BCUT2D eigenvalue weighted by Gasteiger charge is -2.37. The summed E-state index contributed by atoms with van der Waals surface area (Å²) >= 11 is 1.05. The van der Waals surface area contributed by atoms with E-state index in [2.05, 4.69) is 13.7 Å². The Morgan fingerprint density at radius 1 is 1.27 bits per heavy atom. The van der Waals surface area contributed by atoms with Crippen LogP contribution in [0.1, 0.15) is 40.3 Å². The molecule has 1 amide bonds. The van der Waals surface area contributed by atoms with Crippen molar-refractivity contribution in [2.45, 2.75) is 32.3 Å². The number of aliphatic hydroxyl groups is 1. The van der Waals surface area contributed by atoms with E-state index in [-0.39, 0.29) is 5.91 Å². The highest BCUT2D eigenvalue weighted by atomic mass is 32.1. The van der Waals surface area contributed by atoms with E-state index >= 15 is 0 Å². The fraction of sp³-hybridized carbons (Fsp3) is 0.467. The van der Waals surface area contributed by atoms with Crippen molar-refractivity contribution in [2.24, 2.45) is 0 Å². The zero-order valence-electron chi connectivity index (χ0n) is 12.6. The molecular weight excluding hydrogens is 300 g/mol. The molecule has 1 aliphatic rings. The minimum absolute atomic E-state index is 0.106. The quantitative estimate of drug-likeness (QED) is 0.911. The van der Waals surface area contributed by atoms with Crippen LogP contribution in [0, 0.1) is 13.8 Å². The summed E-state index contributed by atoms with van der Waals surface area (Å²) < 4.78 is 8.10. The van der Waals surface area contributed by atoms with Gasteiger partial charge in [-0.3, -0.25) is 9.78 Å². The molecule has 0 radical (unpaired) electrons. The Kier molecular flexibility index (Phi) is 3.92. The minimum atomic E-state index is -0.958. The van der Waals surface area contributed by atoms with E-state index in [4.69, 9.17) is 0 Å². The van der Waals surface area contributed by atoms with Crippen LogP contribution in [0.5, 0.6) is 0 Å². The second-order valence-corrected chi connectivity index (χ2v) is 6.27. The van der Waals surface area contributed by atoms with Gasteiger partial charge < -0.3 is 10.0 Å². The van der Waals surface area contributed by atoms with Gasteiger partial charge in [0, 0.05) is 19.3 Å².